The van der Waals surface area contributed by atoms with Crippen LogP contribution in [0.5, 0.6) is 5.75 Å². The molecule has 3 rings (SSSR count). The SMILES string of the molecule is Cc1ccc(S(=O)(=O)O[C@H]2[C@H](Oc3ccccc3)OC[C@@H](O)[C@@H]2O)cc1. The van der Waals surface area contributed by atoms with E-state index in [4.69, 9.17) is 13.7 Å². The van der Waals surface area contributed by atoms with Gasteiger partial charge in [-0.2, -0.15) is 8.42 Å². The molecular formula is C18H20O7S. The van der Waals surface area contributed by atoms with E-state index in [0.29, 0.717) is 5.75 Å². The molecule has 0 unspecified atom stereocenters. The predicted molar refractivity (Wildman–Crippen MR) is 92.1 cm³/mol. The molecule has 0 saturated carbocycles. The topological polar surface area (TPSA) is 102 Å². The molecule has 1 fully saturated rings. The van der Waals surface area contributed by atoms with Crippen LogP contribution >= 0.6 is 0 Å². The highest BCUT2D eigenvalue weighted by Gasteiger charge is 2.44. The van der Waals surface area contributed by atoms with E-state index in [1.807, 2.05) is 6.92 Å². The number of hydrogen-bond donors (Lipinski definition) is 2. The van der Waals surface area contributed by atoms with Gasteiger partial charge < -0.3 is 19.7 Å². The van der Waals surface area contributed by atoms with Gasteiger partial charge in [-0.05, 0) is 31.2 Å². The van der Waals surface area contributed by atoms with E-state index in [0.717, 1.165) is 5.56 Å². The number of rotatable bonds is 5. The van der Waals surface area contributed by atoms with Gasteiger partial charge in [-0.1, -0.05) is 35.9 Å². The Bertz CT molecular complexity index is 820. The Balaban J connectivity index is 1.83. The van der Waals surface area contributed by atoms with Crippen molar-refractivity contribution < 1.29 is 32.3 Å². The highest BCUT2D eigenvalue weighted by molar-refractivity contribution is 7.86. The lowest BCUT2D eigenvalue weighted by Gasteiger charge is -2.37. The monoisotopic (exact) mass is 380 g/mol. The van der Waals surface area contributed by atoms with Gasteiger partial charge in [0.15, 0.2) is 6.10 Å². The van der Waals surface area contributed by atoms with E-state index in [9.17, 15) is 18.6 Å². The zero-order chi connectivity index (χ0) is 18.7. The van der Waals surface area contributed by atoms with Crippen molar-refractivity contribution in [3.8, 4) is 5.75 Å². The Morgan fingerprint density at radius 3 is 2.35 bits per heavy atom. The summed E-state index contributed by atoms with van der Waals surface area (Å²) in [5.74, 6) is 0.419. The molecule has 0 bridgehead atoms. The number of aryl methyl sites for hydroxylation is 1. The summed E-state index contributed by atoms with van der Waals surface area (Å²) in [6.45, 7) is 1.62. The van der Waals surface area contributed by atoms with Crippen molar-refractivity contribution in [1.82, 2.24) is 0 Å². The summed E-state index contributed by atoms with van der Waals surface area (Å²) in [5.41, 5.74) is 0.894. The molecule has 1 aliphatic heterocycles. The third kappa shape index (κ3) is 4.22. The maximum atomic E-state index is 12.5. The molecule has 0 aromatic heterocycles. The van der Waals surface area contributed by atoms with Gasteiger partial charge in [0, 0.05) is 0 Å². The molecule has 0 amide bonds. The van der Waals surface area contributed by atoms with Gasteiger partial charge in [-0.25, -0.2) is 0 Å². The first-order valence-corrected chi connectivity index (χ1v) is 9.47. The molecule has 8 heteroatoms. The smallest absolute Gasteiger partial charge is 0.297 e. The summed E-state index contributed by atoms with van der Waals surface area (Å²) in [6.07, 6.45) is -5.40. The molecular weight excluding hydrogens is 360 g/mol. The van der Waals surface area contributed by atoms with Crippen molar-refractivity contribution >= 4 is 10.1 Å². The predicted octanol–water partition coefficient (Wildman–Crippen LogP) is 1.23. The van der Waals surface area contributed by atoms with Crippen LogP contribution in [-0.2, 0) is 19.0 Å². The van der Waals surface area contributed by atoms with Gasteiger partial charge in [0.2, 0.25) is 6.29 Å². The van der Waals surface area contributed by atoms with Crippen molar-refractivity contribution in [1.29, 1.82) is 0 Å². The van der Waals surface area contributed by atoms with Crippen LogP contribution in [0.2, 0.25) is 0 Å². The Morgan fingerprint density at radius 2 is 1.69 bits per heavy atom. The fourth-order valence-electron chi connectivity index (χ4n) is 2.51. The number of para-hydroxylation sites is 1. The Hall–Kier alpha value is -1.97. The minimum atomic E-state index is -4.19. The van der Waals surface area contributed by atoms with Crippen molar-refractivity contribution in [2.24, 2.45) is 0 Å². The van der Waals surface area contributed by atoms with E-state index in [-0.39, 0.29) is 11.5 Å². The summed E-state index contributed by atoms with van der Waals surface area (Å²) in [5, 5.41) is 20.1. The molecule has 1 saturated heterocycles. The molecule has 2 aromatic rings. The summed E-state index contributed by atoms with van der Waals surface area (Å²) in [4.78, 5) is -0.0613. The molecule has 0 radical (unpaired) electrons. The standard InChI is InChI=1S/C18H20O7S/c1-12-7-9-14(10-8-12)26(21,22)25-17-16(20)15(19)11-23-18(17)24-13-5-3-2-4-6-13/h2-10,15-20H,11H2,1H3/t15-,16+,17-,18+/m1/s1. The summed E-state index contributed by atoms with van der Waals surface area (Å²) < 4.78 is 41.2. The molecule has 26 heavy (non-hydrogen) atoms. The third-order valence-electron chi connectivity index (χ3n) is 3.97. The largest absolute Gasteiger partial charge is 0.462 e. The van der Waals surface area contributed by atoms with E-state index in [2.05, 4.69) is 0 Å². The van der Waals surface area contributed by atoms with Crippen molar-refractivity contribution in [3.05, 3.63) is 60.2 Å². The highest BCUT2D eigenvalue weighted by atomic mass is 32.2. The number of aliphatic hydroxyl groups excluding tert-OH is 2. The van der Waals surface area contributed by atoms with E-state index < -0.39 is 34.7 Å². The maximum Gasteiger partial charge on any atom is 0.297 e. The quantitative estimate of drug-likeness (QED) is 0.752. The molecule has 4 atom stereocenters. The highest BCUT2D eigenvalue weighted by Crippen LogP contribution is 2.26. The van der Waals surface area contributed by atoms with Crippen LogP contribution in [0.25, 0.3) is 0 Å². The second-order valence-corrected chi connectivity index (χ2v) is 7.59. The van der Waals surface area contributed by atoms with Gasteiger partial charge >= 0.3 is 0 Å². The zero-order valence-corrected chi connectivity index (χ0v) is 14.9. The fourth-order valence-corrected chi connectivity index (χ4v) is 3.59. The van der Waals surface area contributed by atoms with Gasteiger partial charge in [0.1, 0.15) is 18.0 Å². The molecule has 1 heterocycles. The minimum Gasteiger partial charge on any atom is -0.462 e. The first kappa shape index (κ1) is 18.8. The van der Waals surface area contributed by atoms with Crippen molar-refractivity contribution in [2.75, 3.05) is 6.61 Å². The normalized spacial score (nSPS) is 26.4. The third-order valence-corrected chi connectivity index (χ3v) is 5.30. The molecule has 2 N–H and O–H groups in total. The first-order chi connectivity index (χ1) is 12.4. The number of benzene rings is 2. The zero-order valence-electron chi connectivity index (χ0n) is 14.1. The Morgan fingerprint density at radius 1 is 1.04 bits per heavy atom. The van der Waals surface area contributed by atoms with Gasteiger partial charge in [-0.15, -0.1) is 0 Å². The average Bonchev–Trinajstić information content (AvgIpc) is 2.62. The van der Waals surface area contributed by atoms with Crippen LogP contribution in [0.1, 0.15) is 5.56 Å². The number of hydrogen-bond acceptors (Lipinski definition) is 7. The maximum absolute atomic E-state index is 12.5. The van der Waals surface area contributed by atoms with Crippen LogP contribution in [0.15, 0.2) is 59.5 Å². The van der Waals surface area contributed by atoms with E-state index in [1.165, 1.54) is 12.1 Å². The molecule has 0 spiro atoms. The van der Waals surface area contributed by atoms with Gasteiger partial charge in [0.05, 0.1) is 11.5 Å². The van der Waals surface area contributed by atoms with Crippen LogP contribution in [0.3, 0.4) is 0 Å². The average molecular weight is 380 g/mol. The number of ether oxygens (including phenoxy) is 2. The van der Waals surface area contributed by atoms with Crippen molar-refractivity contribution in [3.63, 3.8) is 0 Å². The first-order valence-electron chi connectivity index (χ1n) is 8.06. The minimum absolute atomic E-state index is 0.0613. The van der Waals surface area contributed by atoms with Gasteiger partial charge in [-0.3, -0.25) is 4.18 Å². The van der Waals surface area contributed by atoms with Crippen LogP contribution in [0, 0.1) is 6.92 Å². The Kier molecular flexibility index (Phi) is 5.59. The summed E-state index contributed by atoms with van der Waals surface area (Å²) >= 11 is 0. The fraction of sp³-hybridized carbons (Fsp3) is 0.333. The Labute approximate surface area is 151 Å². The van der Waals surface area contributed by atoms with E-state index >= 15 is 0 Å². The lowest BCUT2D eigenvalue weighted by molar-refractivity contribution is -0.233. The molecule has 0 aliphatic carbocycles. The van der Waals surface area contributed by atoms with Crippen LogP contribution < -0.4 is 4.74 Å². The molecule has 1 aliphatic rings. The second kappa shape index (κ2) is 7.73. The number of aliphatic hydroxyl groups is 2. The van der Waals surface area contributed by atoms with E-state index in [1.54, 1.807) is 42.5 Å². The second-order valence-electron chi connectivity index (χ2n) is 6.02. The molecule has 2 aromatic carbocycles. The lowest BCUT2D eigenvalue weighted by atomic mass is 10.1. The molecule has 7 nitrogen and oxygen atoms in total. The lowest BCUT2D eigenvalue weighted by Crippen LogP contribution is -2.56. The summed E-state index contributed by atoms with van der Waals surface area (Å²) in [7, 11) is -4.19. The molecule has 140 valence electrons. The van der Waals surface area contributed by atoms with Crippen molar-refractivity contribution in [2.45, 2.75) is 36.4 Å². The van der Waals surface area contributed by atoms with Gasteiger partial charge in [0.25, 0.3) is 10.1 Å². The summed E-state index contributed by atoms with van der Waals surface area (Å²) in [6, 6.07) is 14.7. The van der Waals surface area contributed by atoms with Crippen LogP contribution in [-0.4, -0.2) is 49.8 Å². The van der Waals surface area contributed by atoms with Crippen LogP contribution in [0.4, 0.5) is 0 Å².